The number of nitrogens with zero attached hydrogens (tertiary/aromatic N) is 3. The van der Waals surface area contributed by atoms with Crippen LogP contribution in [0.3, 0.4) is 0 Å². The number of likely N-dealkylation sites (tertiary alicyclic amines) is 1. The lowest BCUT2D eigenvalue weighted by molar-refractivity contribution is -0.127. The van der Waals surface area contributed by atoms with Crippen LogP contribution < -0.4 is 5.32 Å². The molecular weight excluding hydrogens is 480 g/mol. The minimum absolute atomic E-state index is 0.0337. The molecule has 0 saturated carbocycles. The average Bonchev–Trinajstić information content (AvgIpc) is 3.27. The molecule has 7 heteroatoms. The van der Waals surface area contributed by atoms with Gasteiger partial charge in [-0.3, -0.25) is 9.69 Å². The lowest BCUT2D eigenvalue weighted by Gasteiger charge is -2.32. The second-order valence-electron chi connectivity index (χ2n) is 9.16. The fourth-order valence-electron chi connectivity index (χ4n) is 4.42. The summed E-state index contributed by atoms with van der Waals surface area (Å²) in [6, 6.07) is 16.2. The fraction of sp³-hybridized carbons (Fsp3) is 0.423. The van der Waals surface area contributed by atoms with E-state index in [0.29, 0.717) is 24.2 Å². The molecule has 1 atom stereocenters. The van der Waals surface area contributed by atoms with Gasteiger partial charge in [-0.2, -0.15) is 4.98 Å². The standard InChI is InChI=1S/C26H31BrN4O2/c1-17(2)24(22-10-5-4-7-18(22)3)29-26(32)19-11-13-31(14-12-19)16-23-28-25(30-33-23)20-8-6-9-21(27)15-20/h4-10,15,17,19,24H,11-14,16H2,1-3H3,(H,29,32). The molecule has 0 radical (unpaired) electrons. The van der Waals surface area contributed by atoms with Crippen LogP contribution in [0.1, 0.15) is 49.7 Å². The van der Waals surface area contributed by atoms with E-state index in [-0.39, 0.29) is 17.9 Å². The third kappa shape index (κ3) is 5.89. The topological polar surface area (TPSA) is 71.3 Å². The van der Waals surface area contributed by atoms with Gasteiger partial charge < -0.3 is 9.84 Å². The van der Waals surface area contributed by atoms with Crippen molar-refractivity contribution in [1.82, 2.24) is 20.4 Å². The number of amides is 1. The Kier molecular flexibility index (Phi) is 7.60. The van der Waals surface area contributed by atoms with Gasteiger partial charge in [-0.05, 0) is 62.0 Å². The summed E-state index contributed by atoms with van der Waals surface area (Å²) < 4.78 is 6.46. The molecule has 2 heterocycles. The van der Waals surface area contributed by atoms with Crippen LogP contribution in [0.5, 0.6) is 0 Å². The smallest absolute Gasteiger partial charge is 0.241 e. The molecule has 0 bridgehead atoms. The second kappa shape index (κ2) is 10.6. The molecule has 1 unspecified atom stereocenters. The van der Waals surface area contributed by atoms with Crippen molar-refractivity contribution in [3.8, 4) is 11.4 Å². The number of halogens is 1. The molecule has 0 aliphatic carbocycles. The van der Waals surface area contributed by atoms with Gasteiger partial charge in [0.2, 0.25) is 17.6 Å². The van der Waals surface area contributed by atoms with E-state index in [2.05, 4.69) is 69.2 Å². The van der Waals surface area contributed by atoms with E-state index in [4.69, 9.17) is 4.52 Å². The summed E-state index contributed by atoms with van der Waals surface area (Å²) in [5.74, 6) is 1.72. The Morgan fingerprint density at radius 2 is 1.94 bits per heavy atom. The number of rotatable bonds is 7. The molecule has 1 saturated heterocycles. The molecule has 1 fully saturated rings. The Hall–Kier alpha value is -2.51. The van der Waals surface area contributed by atoms with E-state index in [1.54, 1.807) is 0 Å². The zero-order valence-corrected chi connectivity index (χ0v) is 21.0. The molecule has 1 aliphatic rings. The van der Waals surface area contributed by atoms with Gasteiger partial charge in [0.05, 0.1) is 12.6 Å². The summed E-state index contributed by atoms with van der Waals surface area (Å²) in [6.07, 6.45) is 1.66. The van der Waals surface area contributed by atoms with Gasteiger partial charge >= 0.3 is 0 Å². The van der Waals surface area contributed by atoms with Crippen molar-refractivity contribution in [2.75, 3.05) is 13.1 Å². The maximum Gasteiger partial charge on any atom is 0.241 e. The van der Waals surface area contributed by atoms with Gasteiger partial charge in [-0.15, -0.1) is 0 Å². The van der Waals surface area contributed by atoms with E-state index in [1.807, 2.05) is 36.4 Å². The molecule has 6 nitrogen and oxygen atoms in total. The molecule has 0 spiro atoms. The number of benzene rings is 2. The van der Waals surface area contributed by atoms with Gasteiger partial charge in [0.25, 0.3) is 0 Å². The van der Waals surface area contributed by atoms with Gasteiger partial charge in [0.15, 0.2) is 0 Å². The first-order chi connectivity index (χ1) is 15.9. The van der Waals surface area contributed by atoms with Crippen molar-refractivity contribution in [1.29, 1.82) is 0 Å². The highest BCUT2D eigenvalue weighted by Crippen LogP contribution is 2.27. The summed E-state index contributed by atoms with van der Waals surface area (Å²) in [5.41, 5.74) is 3.34. The Morgan fingerprint density at radius 1 is 1.18 bits per heavy atom. The van der Waals surface area contributed by atoms with Gasteiger partial charge in [-0.25, -0.2) is 0 Å². The molecule has 2 aromatic carbocycles. The van der Waals surface area contributed by atoms with E-state index >= 15 is 0 Å². The number of hydrogen-bond donors (Lipinski definition) is 1. The summed E-state index contributed by atoms with van der Waals surface area (Å²) in [6.45, 7) is 8.70. The summed E-state index contributed by atoms with van der Waals surface area (Å²) >= 11 is 3.48. The normalized spacial score (nSPS) is 16.2. The van der Waals surface area contributed by atoms with Gasteiger partial charge in [0.1, 0.15) is 0 Å². The predicted octanol–water partition coefficient (Wildman–Crippen LogP) is 5.53. The van der Waals surface area contributed by atoms with Crippen LogP contribution in [0.25, 0.3) is 11.4 Å². The molecule has 1 aromatic heterocycles. The van der Waals surface area contributed by atoms with Crippen LogP contribution in [0.15, 0.2) is 57.5 Å². The van der Waals surface area contributed by atoms with Crippen molar-refractivity contribution < 1.29 is 9.32 Å². The second-order valence-corrected chi connectivity index (χ2v) is 10.1. The number of piperidine rings is 1. The molecule has 1 N–H and O–H groups in total. The third-order valence-corrected chi connectivity index (χ3v) is 6.85. The van der Waals surface area contributed by atoms with Crippen LogP contribution in [-0.4, -0.2) is 34.0 Å². The fourth-order valence-corrected chi connectivity index (χ4v) is 4.82. The number of aryl methyl sites for hydroxylation is 1. The van der Waals surface area contributed by atoms with Crippen molar-refractivity contribution >= 4 is 21.8 Å². The Bertz CT molecular complexity index is 1090. The highest BCUT2D eigenvalue weighted by atomic mass is 79.9. The van der Waals surface area contributed by atoms with Crippen LogP contribution in [0.2, 0.25) is 0 Å². The van der Waals surface area contributed by atoms with E-state index in [9.17, 15) is 4.79 Å². The van der Waals surface area contributed by atoms with Crippen molar-refractivity contribution in [2.24, 2.45) is 11.8 Å². The zero-order chi connectivity index (χ0) is 23.4. The highest BCUT2D eigenvalue weighted by Gasteiger charge is 2.29. The molecule has 1 aliphatic heterocycles. The highest BCUT2D eigenvalue weighted by molar-refractivity contribution is 9.10. The van der Waals surface area contributed by atoms with E-state index in [1.165, 1.54) is 11.1 Å². The predicted molar refractivity (Wildman–Crippen MR) is 132 cm³/mol. The molecule has 4 rings (SSSR count). The van der Waals surface area contributed by atoms with Crippen LogP contribution in [0, 0.1) is 18.8 Å². The van der Waals surface area contributed by atoms with Crippen LogP contribution in [0.4, 0.5) is 0 Å². The SMILES string of the molecule is Cc1ccccc1C(NC(=O)C1CCN(Cc2nc(-c3cccc(Br)c3)no2)CC1)C(C)C. The first-order valence-electron chi connectivity index (χ1n) is 11.6. The molecule has 3 aromatic rings. The largest absolute Gasteiger partial charge is 0.349 e. The minimum Gasteiger partial charge on any atom is -0.349 e. The van der Waals surface area contributed by atoms with E-state index < -0.39 is 0 Å². The van der Waals surface area contributed by atoms with Crippen molar-refractivity contribution in [2.45, 2.75) is 46.2 Å². The quantitative estimate of drug-likeness (QED) is 0.452. The maximum absolute atomic E-state index is 13.1. The third-order valence-electron chi connectivity index (χ3n) is 6.36. The Morgan fingerprint density at radius 3 is 2.64 bits per heavy atom. The Labute approximate surface area is 203 Å². The molecule has 33 heavy (non-hydrogen) atoms. The van der Waals surface area contributed by atoms with Crippen molar-refractivity contribution in [3.63, 3.8) is 0 Å². The monoisotopic (exact) mass is 510 g/mol. The zero-order valence-electron chi connectivity index (χ0n) is 19.4. The maximum atomic E-state index is 13.1. The Balaban J connectivity index is 1.31. The first-order valence-corrected chi connectivity index (χ1v) is 12.4. The number of hydrogen-bond acceptors (Lipinski definition) is 5. The molecule has 174 valence electrons. The average molecular weight is 511 g/mol. The number of aromatic nitrogens is 2. The van der Waals surface area contributed by atoms with Crippen LogP contribution >= 0.6 is 15.9 Å². The summed E-state index contributed by atoms with van der Waals surface area (Å²) in [5, 5.41) is 7.46. The minimum atomic E-state index is 0.0337. The number of carbonyl (C=O) groups excluding carboxylic acids is 1. The van der Waals surface area contributed by atoms with Gasteiger partial charge in [-0.1, -0.05) is 71.3 Å². The first kappa shape index (κ1) is 23.6. The lowest BCUT2D eigenvalue weighted by Crippen LogP contribution is -2.42. The van der Waals surface area contributed by atoms with Gasteiger partial charge in [0, 0.05) is 16.0 Å². The molecule has 1 amide bonds. The van der Waals surface area contributed by atoms with Crippen LogP contribution in [-0.2, 0) is 11.3 Å². The number of nitrogens with one attached hydrogen (secondary N) is 1. The van der Waals surface area contributed by atoms with Crippen molar-refractivity contribution in [3.05, 3.63) is 70.0 Å². The lowest BCUT2D eigenvalue weighted by atomic mass is 9.90. The summed E-state index contributed by atoms with van der Waals surface area (Å²) in [4.78, 5) is 19.9. The summed E-state index contributed by atoms with van der Waals surface area (Å²) in [7, 11) is 0. The number of carbonyl (C=O) groups is 1. The molecular formula is C26H31BrN4O2. The van der Waals surface area contributed by atoms with E-state index in [0.717, 1.165) is 36.0 Å².